The fraction of sp³-hybridized carbons (Fsp3) is 0.375. The number of hydrogen-bond donors (Lipinski definition) is 0. The zero-order chi connectivity index (χ0) is 14.3. The minimum atomic E-state index is 0.0976. The molecule has 3 rings (SSSR count). The second kappa shape index (κ2) is 5.02. The molecule has 0 unspecified atom stereocenters. The lowest BCUT2D eigenvalue weighted by atomic mass is 9.98. The minimum absolute atomic E-state index is 0.0976. The average Bonchev–Trinajstić information content (AvgIpc) is 2.81. The number of carbonyl (C=O) groups excluding carboxylic acids is 1. The number of fused-ring (bicyclic) bond motifs is 1. The van der Waals surface area contributed by atoms with Gasteiger partial charge in [0.1, 0.15) is 0 Å². The number of carbonyl (C=O) groups is 1. The van der Waals surface area contributed by atoms with E-state index in [1.165, 1.54) is 29.0 Å². The van der Waals surface area contributed by atoms with Gasteiger partial charge in [-0.25, -0.2) is 4.98 Å². The first-order chi connectivity index (χ1) is 9.56. The van der Waals surface area contributed by atoms with Gasteiger partial charge in [0, 0.05) is 31.8 Å². The molecule has 1 aromatic carbocycles. The Kier molecular flexibility index (Phi) is 3.34. The lowest BCUT2D eigenvalue weighted by molar-refractivity contribution is 0.102. The van der Waals surface area contributed by atoms with Crippen molar-refractivity contribution in [1.29, 1.82) is 0 Å². The Morgan fingerprint density at radius 3 is 2.95 bits per heavy atom. The number of rotatable bonds is 2. The summed E-state index contributed by atoms with van der Waals surface area (Å²) in [7, 11) is 2.13. The Hall–Kier alpha value is -1.68. The molecule has 0 saturated heterocycles. The van der Waals surface area contributed by atoms with Crippen LogP contribution in [0.4, 0.5) is 5.69 Å². The van der Waals surface area contributed by atoms with E-state index < -0.39 is 0 Å². The van der Waals surface area contributed by atoms with E-state index in [4.69, 9.17) is 0 Å². The predicted molar refractivity (Wildman–Crippen MR) is 83.9 cm³/mol. The number of aromatic nitrogens is 1. The SMILES string of the molecule is CC(=O)c1sc(C)nc1-c1ccc2c(c1)CCCN2C. The zero-order valence-corrected chi connectivity index (χ0v) is 12.9. The molecule has 0 fully saturated rings. The van der Waals surface area contributed by atoms with Crippen LogP contribution in [0.25, 0.3) is 11.3 Å². The number of Topliss-reactive ketones (excluding diaryl/α,β-unsaturated/α-hetero) is 1. The molecule has 0 saturated carbocycles. The van der Waals surface area contributed by atoms with Crippen molar-refractivity contribution in [2.75, 3.05) is 18.5 Å². The Balaban J connectivity index is 2.10. The molecule has 1 aromatic heterocycles. The van der Waals surface area contributed by atoms with Gasteiger partial charge in [0.05, 0.1) is 15.6 Å². The van der Waals surface area contributed by atoms with E-state index >= 15 is 0 Å². The Labute approximate surface area is 123 Å². The summed E-state index contributed by atoms with van der Waals surface area (Å²) in [5, 5.41) is 0.944. The van der Waals surface area contributed by atoms with Gasteiger partial charge in [0.2, 0.25) is 0 Å². The van der Waals surface area contributed by atoms with Crippen molar-refractivity contribution in [3.63, 3.8) is 0 Å². The summed E-state index contributed by atoms with van der Waals surface area (Å²) in [6.45, 7) is 4.68. The Bertz CT molecular complexity index is 675. The summed E-state index contributed by atoms with van der Waals surface area (Å²) in [4.78, 5) is 19.4. The van der Waals surface area contributed by atoms with Crippen molar-refractivity contribution >= 4 is 22.8 Å². The van der Waals surface area contributed by atoms with Crippen LogP contribution in [0.15, 0.2) is 18.2 Å². The van der Waals surface area contributed by atoms with Gasteiger partial charge in [-0.3, -0.25) is 4.79 Å². The Morgan fingerprint density at radius 2 is 2.20 bits per heavy atom. The summed E-state index contributed by atoms with van der Waals surface area (Å²) in [6.07, 6.45) is 2.29. The van der Waals surface area contributed by atoms with Crippen molar-refractivity contribution in [1.82, 2.24) is 4.98 Å². The second-order valence-electron chi connectivity index (χ2n) is 5.34. The third-order valence-electron chi connectivity index (χ3n) is 3.76. The van der Waals surface area contributed by atoms with Crippen molar-refractivity contribution in [3.8, 4) is 11.3 Å². The summed E-state index contributed by atoms with van der Waals surface area (Å²) in [5.74, 6) is 0.0976. The highest BCUT2D eigenvalue weighted by molar-refractivity contribution is 7.14. The summed E-state index contributed by atoms with van der Waals surface area (Å²) < 4.78 is 0. The van der Waals surface area contributed by atoms with Crippen LogP contribution < -0.4 is 4.90 Å². The van der Waals surface area contributed by atoms with Gasteiger partial charge in [0.25, 0.3) is 0 Å². The van der Waals surface area contributed by atoms with Crippen LogP contribution in [0, 0.1) is 6.92 Å². The number of anilines is 1. The maximum atomic E-state index is 11.8. The third kappa shape index (κ3) is 2.24. The predicted octanol–water partition coefficient (Wildman–Crippen LogP) is 3.70. The van der Waals surface area contributed by atoms with Crippen LogP contribution in [0.1, 0.15) is 33.6 Å². The molecule has 20 heavy (non-hydrogen) atoms. The van der Waals surface area contributed by atoms with Crippen molar-refractivity contribution in [3.05, 3.63) is 33.6 Å². The van der Waals surface area contributed by atoms with Crippen LogP contribution in [0.2, 0.25) is 0 Å². The molecule has 0 N–H and O–H groups in total. The molecule has 0 bridgehead atoms. The molecule has 104 valence electrons. The first-order valence-corrected chi connectivity index (χ1v) is 7.70. The van der Waals surface area contributed by atoms with Gasteiger partial charge < -0.3 is 4.90 Å². The largest absolute Gasteiger partial charge is 0.374 e. The number of hydrogen-bond acceptors (Lipinski definition) is 4. The first-order valence-electron chi connectivity index (χ1n) is 6.89. The van der Waals surface area contributed by atoms with Gasteiger partial charge in [-0.1, -0.05) is 6.07 Å². The highest BCUT2D eigenvalue weighted by atomic mass is 32.1. The smallest absolute Gasteiger partial charge is 0.172 e. The molecule has 0 amide bonds. The fourth-order valence-electron chi connectivity index (χ4n) is 2.79. The Morgan fingerprint density at radius 1 is 1.40 bits per heavy atom. The number of nitrogens with zero attached hydrogens (tertiary/aromatic N) is 2. The van der Waals surface area contributed by atoms with Crippen LogP contribution >= 0.6 is 11.3 Å². The fourth-order valence-corrected chi connectivity index (χ4v) is 3.63. The maximum Gasteiger partial charge on any atom is 0.172 e. The third-order valence-corrected chi connectivity index (χ3v) is 4.83. The van der Waals surface area contributed by atoms with Crippen LogP contribution in [0.5, 0.6) is 0 Å². The van der Waals surface area contributed by atoms with Gasteiger partial charge in [-0.05, 0) is 37.5 Å². The van der Waals surface area contributed by atoms with E-state index in [9.17, 15) is 4.79 Å². The summed E-state index contributed by atoms with van der Waals surface area (Å²) in [5.41, 5.74) is 4.57. The van der Waals surface area contributed by atoms with Crippen molar-refractivity contribution < 1.29 is 4.79 Å². The molecule has 4 heteroatoms. The molecule has 2 aromatic rings. The standard InChI is InChI=1S/C16H18N2OS/c1-10(19)16-15(17-11(2)20-16)13-6-7-14-12(9-13)5-4-8-18(14)3/h6-7,9H,4-5,8H2,1-3H3. The van der Waals surface area contributed by atoms with Crippen molar-refractivity contribution in [2.45, 2.75) is 26.7 Å². The van der Waals surface area contributed by atoms with E-state index in [1.54, 1.807) is 6.92 Å². The first kappa shape index (κ1) is 13.3. The lowest BCUT2D eigenvalue weighted by Gasteiger charge is -2.27. The molecular formula is C16H18N2OS. The maximum absolute atomic E-state index is 11.8. The van der Waals surface area contributed by atoms with Gasteiger partial charge in [0.15, 0.2) is 5.78 Å². The second-order valence-corrected chi connectivity index (χ2v) is 6.54. The average molecular weight is 286 g/mol. The molecule has 3 nitrogen and oxygen atoms in total. The van der Waals surface area contributed by atoms with E-state index in [1.807, 2.05) is 6.92 Å². The molecule has 0 spiro atoms. The lowest BCUT2D eigenvalue weighted by Crippen LogP contribution is -2.24. The van der Waals surface area contributed by atoms with Gasteiger partial charge in [-0.2, -0.15) is 0 Å². The molecule has 1 aliphatic heterocycles. The molecule has 0 aliphatic carbocycles. The highest BCUT2D eigenvalue weighted by Crippen LogP contribution is 2.33. The number of benzene rings is 1. The number of thiazole rings is 1. The van der Waals surface area contributed by atoms with E-state index in [0.29, 0.717) is 0 Å². The highest BCUT2D eigenvalue weighted by Gasteiger charge is 2.18. The minimum Gasteiger partial charge on any atom is -0.374 e. The number of aryl methyl sites for hydroxylation is 2. The summed E-state index contributed by atoms with van der Waals surface area (Å²) in [6, 6.07) is 6.44. The van der Waals surface area contributed by atoms with Crippen LogP contribution in [-0.4, -0.2) is 24.4 Å². The molecule has 1 aliphatic rings. The van der Waals surface area contributed by atoms with Crippen molar-refractivity contribution in [2.24, 2.45) is 0 Å². The van der Waals surface area contributed by atoms with Gasteiger partial charge >= 0.3 is 0 Å². The van der Waals surface area contributed by atoms with E-state index in [2.05, 4.69) is 35.1 Å². The zero-order valence-electron chi connectivity index (χ0n) is 12.1. The van der Waals surface area contributed by atoms with E-state index in [-0.39, 0.29) is 5.78 Å². The molecule has 2 heterocycles. The molecule has 0 atom stereocenters. The number of ketones is 1. The molecular weight excluding hydrogens is 268 g/mol. The summed E-state index contributed by atoms with van der Waals surface area (Å²) >= 11 is 1.48. The monoisotopic (exact) mass is 286 g/mol. The van der Waals surface area contributed by atoms with E-state index in [0.717, 1.165) is 34.1 Å². The van der Waals surface area contributed by atoms with Crippen LogP contribution in [-0.2, 0) is 6.42 Å². The van der Waals surface area contributed by atoms with Gasteiger partial charge in [-0.15, -0.1) is 11.3 Å². The topological polar surface area (TPSA) is 33.2 Å². The molecule has 0 radical (unpaired) electrons. The normalized spacial score (nSPS) is 14.2. The quantitative estimate of drug-likeness (QED) is 0.789. The van der Waals surface area contributed by atoms with Crippen LogP contribution in [0.3, 0.4) is 0 Å².